The van der Waals surface area contributed by atoms with Gasteiger partial charge >= 0.3 is 0 Å². The second kappa shape index (κ2) is 4.05. The molecule has 0 atom stereocenters. The van der Waals surface area contributed by atoms with Gasteiger partial charge in [-0.15, -0.1) is 0 Å². The topological polar surface area (TPSA) is 63.8 Å². The van der Waals surface area contributed by atoms with Crippen LogP contribution in [0.25, 0.3) is 11.0 Å². The minimum absolute atomic E-state index is 0.178. The summed E-state index contributed by atoms with van der Waals surface area (Å²) in [5, 5.41) is 0. The smallest absolute Gasteiger partial charge is 0.219 e. The third-order valence-corrected chi connectivity index (χ3v) is 2.66. The second-order valence-electron chi connectivity index (χ2n) is 3.43. The second-order valence-corrected chi connectivity index (χ2v) is 3.82. The number of fused-ring (bicyclic) bond motifs is 1. The average molecular weight is 239 g/mol. The fourth-order valence-corrected chi connectivity index (χ4v) is 1.88. The Bertz CT molecular complexity index is 602. The summed E-state index contributed by atoms with van der Waals surface area (Å²) in [6.45, 7) is 0.359. The standard InChI is InChI=1S/C10H10FN3OS/c11-6-2-1-3-7-9(6)13-10(16)14(7)5-4-8(12)15/h1-3H,4-5H2,(H2,12,15)(H,13,16). The molecule has 0 fully saturated rings. The molecule has 0 spiro atoms. The van der Waals surface area contributed by atoms with Gasteiger partial charge in [-0.2, -0.15) is 0 Å². The monoisotopic (exact) mass is 239 g/mol. The van der Waals surface area contributed by atoms with Gasteiger partial charge in [0.15, 0.2) is 4.77 Å². The van der Waals surface area contributed by atoms with Crippen molar-refractivity contribution >= 4 is 29.2 Å². The Morgan fingerprint density at radius 3 is 3.00 bits per heavy atom. The predicted octanol–water partition coefficient (Wildman–Crippen LogP) is 1.71. The minimum atomic E-state index is -0.410. The Hall–Kier alpha value is -1.69. The molecular weight excluding hydrogens is 229 g/mol. The maximum Gasteiger partial charge on any atom is 0.219 e. The summed E-state index contributed by atoms with van der Waals surface area (Å²) < 4.78 is 15.5. The lowest BCUT2D eigenvalue weighted by molar-refractivity contribution is -0.118. The summed E-state index contributed by atoms with van der Waals surface area (Å²) in [5.41, 5.74) is 6.07. The number of aromatic amines is 1. The number of imidazole rings is 1. The molecule has 0 saturated carbocycles. The maximum atomic E-state index is 13.4. The number of halogens is 1. The Morgan fingerprint density at radius 2 is 2.31 bits per heavy atom. The summed E-state index contributed by atoms with van der Waals surface area (Å²) in [5.74, 6) is -0.769. The zero-order valence-electron chi connectivity index (χ0n) is 8.37. The molecule has 84 valence electrons. The van der Waals surface area contributed by atoms with Crippen molar-refractivity contribution in [3.8, 4) is 0 Å². The zero-order chi connectivity index (χ0) is 11.7. The van der Waals surface area contributed by atoms with Gasteiger partial charge in [0.2, 0.25) is 5.91 Å². The van der Waals surface area contributed by atoms with Gasteiger partial charge in [-0.25, -0.2) is 4.39 Å². The normalized spacial score (nSPS) is 10.8. The Morgan fingerprint density at radius 1 is 1.56 bits per heavy atom. The summed E-state index contributed by atoms with van der Waals surface area (Å²) in [7, 11) is 0. The first-order valence-electron chi connectivity index (χ1n) is 4.75. The molecule has 0 saturated heterocycles. The highest BCUT2D eigenvalue weighted by molar-refractivity contribution is 7.71. The SMILES string of the molecule is NC(=O)CCn1c(=S)[nH]c2c(F)cccc21. The number of nitrogens with zero attached hydrogens (tertiary/aromatic N) is 1. The van der Waals surface area contributed by atoms with Gasteiger partial charge in [0, 0.05) is 13.0 Å². The summed E-state index contributed by atoms with van der Waals surface area (Å²) in [6, 6.07) is 4.69. The quantitative estimate of drug-likeness (QED) is 0.801. The Kier molecular flexibility index (Phi) is 2.74. The van der Waals surface area contributed by atoms with Crippen molar-refractivity contribution in [2.24, 2.45) is 5.73 Å². The summed E-state index contributed by atoms with van der Waals surface area (Å²) >= 11 is 5.05. The van der Waals surface area contributed by atoms with E-state index in [1.54, 1.807) is 16.7 Å². The fourth-order valence-electron chi connectivity index (χ4n) is 1.59. The van der Waals surface area contributed by atoms with Crippen LogP contribution < -0.4 is 5.73 Å². The van der Waals surface area contributed by atoms with Crippen LogP contribution in [0.5, 0.6) is 0 Å². The van der Waals surface area contributed by atoms with E-state index in [-0.39, 0.29) is 12.2 Å². The lowest BCUT2D eigenvalue weighted by atomic mass is 10.3. The van der Waals surface area contributed by atoms with Crippen LogP contribution >= 0.6 is 12.2 Å². The van der Waals surface area contributed by atoms with Gasteiger partial charge < -0.3 is 15.3 Å². The van der Waals surface area contributed by atoms with Crippen LogP contribution in [0.2, 0.25) is 0 Å². The van der Waals surface area contributed by atoms with Crippen LogP contribution in [0.3, 0.4) is 0 Å². The first-order chi connectivity index (χ1) is 7.59. The molecule has 4 nitrogen and oxygen atoms in total. The van der Waals surface area contributed by atoms with E-state index in [4.69, 9.17) is 18.0 Å². The Balaban J connectivity index is 2.52. The molecule has 0 unspecified atom stereocenters. The van der Waals surface area contributed by atoms with Crippen LogP contribution in [0.1, 0.15) is 6.42 Å². The third-order valence-electron chi connectivity index (χ3n) is 2.34. The molecule has 0 aliphatic rings. The molecule has 2 rings (SSSR count). The molecule has 16 heavy (non-hydrogen) atoms. The van der Waals surface area contributed by atoms with E-state index in [2.05, 4.69) is 4.98 Å². The first-order valence-corrected chi connectivity index (χ1v) is 5.16. The summed E-state index contributed by atoms with van der Waals surface area (Å²) in [6.07, 6.45) is 0.178. The molecule has 3 N–H and O–H groups in total. The van der Waals surface area contributed by atoms with Crippen LogP contribution in [0, 0.1) is 10.6 Å². The number of hydrogen-bond donors (Lipinski definition) is 2. The molecule has 0 bridgehead atoms. The predicted molar refractivity (Wildman–Crippen MR) is 60.9 cm³/mol. The van der Waals surface area contributed by atoms with Crippen LogP contribution in [0.15, 0.2) is 18.2 Å². The number of primary amides is 1. The fraction of sp³-hybridized carbons (Fsp3) is 0.200. The number of aromatic nitrogens is 2. The number of carbonyl (C=O) groups is 1. The molecule has 1 amide bonds. The highest BCUT2D eigenvalue weighted by Crippen LogP contribution is 2.17. The minimum Gasteiger partial charge on any atom is -0.370 e. The van der Waals surface area contributed by atoms with E-state index >= 15 is 0 Å². The van der Waals surface area contributed by atoms with Crippen LogP contribution in [-0.2, 0) is 11.3 Å². The Labute approximate surface area is 95.9 Å². The number of nitrogens with one attached hydrogen (secondary N) is 1. The maximum absolute atomic E-state index is 13.4. The molecule has 6 heteroatoms. The van der Waals surface area contributed by atoms with Crippen molar-refractivity contribution in [3.63, 3.8) is 0 Å². The van der Waals surface area contributed by atoms with Crippen molar-refractivity contribution < 1.29 is 9.18 Å². The van der Waals surface area contributed by atoms with E-state index in [0.29, 0.717) is 22.3 Å². The van der Waals surface area contributed by atoms with Crippen LogP contribution in [-0.4, -0.2) is 15.5 Å². The molecule has 0 radical (unpaired) electrons. The molecule has 0 aliphatic heterocycles. The third kappa shape index (κ3) is 1.83. The van der Waals surface area contributed by atoms with Gasteiger partial charge in [-0.1, -0.05) is 6.07 Å². The number of rotatable bonds is 3. The lowest BCUT2D eigenvalue weighted by Crippen LogP contribution is -2.13. The number of hydrogen-bond acceptors (Lipinski definition) is 2. The lowest BCUT2D eigenvalue weighted by Gasteiger charge is -2.01. The molecular formula is C10H10FN3OS. The molecule has 2 aromatic rings. The number of carbonyl (C=O) groups excluding carboxylic acids is 1. The molecule has 1 heterocycles. The zero-order valence-corrected chi connectivity index (χ0v) is 9.18. The van der Waals surface area contributed by atoms with Gasteiger partial charge in [-0.05, 0) is 24.4 Å². The average Bonchev–Trinajstić information content (AvgIpc) is 2.53. The van der Waals surface area contributed by atoms with Crippen molar-refractivity contribution in [1.82, 2.24) is 9.55 Å². The highest BCUT2D eigenvalue weighted by Gasteiger charge is 2.08. The van der Waals surface area contributed by atoms with Gasteiger partial charge in [0.05, 0.1) is 5.52 Å². The van der Waals surface area contributed by atoms with Gasteiger partial charge in [-0.3, -0.25) is 4.79 Å². The van der Waals surface area contributed by atoms with E-state index in [1.807, 2.05) is 0 Å². The molecule has 1 aromatic heterocycles. The number of amides is 1. The van der Waals surface area contributed by atoms with Gasteiger partial charge in [0.1, 0.15) is 11.3 Å². The van der Waals surface area contributed by atoms with Crippen LogP contribution in [0.4, 0.5) is 4.39 Å². The molecule has 1 aromatic carbocycles. The van der Waals surface area contributed by atoms with Crippen molar-refractivity contribution in [2.45, 2.75) is 13.0 Å². The van der Waals surface area contributed by atoms with E-state index in [0.717, 1.165) is 0 Å². The van der Waals surface area contributed by atoms with Crippen molar-refractivity contribution in [3.05, 3.63) is 28.8 Å². The van der Waals surface area contributed by atoms with E-state index < -0.39 is 5.91 Å². The van der Waals surface area contributed by atoms with E-state index in [1.165, 1.54) is 6.07 Å². The molecule has 0 aliphatic carbocycles. The summed E-state index contributed by atoms with van der Waals surface area (Å²) in [4.78, 5) is 13.5. The number of nitrogens with two attached hydrogens (primary N) is 1. The number of para-hydroxylation sites is 1. The van der Waals surface area contributed by atoms with E-state index in [9.17, 15) is 9.18 Å². The largest absolute Gasteiger partial charge is 0.370 e. The number of H-pyrrole nitrogens is 1. The first kappa shape index (κ1) is 10.8. The number of aryl methyl sites for hydroxylation is 1. The highest BCUT2D eigenvalue weighted by atomic mass is 32.1. The van der Waals surface area contributed by atoms with Crippen molar-refractivity contribution in [1.29, 1.82) is 0 Å². The number of benzene rings is 1. The van der Waals surface area contributed by atoms with Crippen molar-refractivity contribution in [2.75, 3.05) is 0 Å². The van der Waals surface area contributed by atoms with Gasteiger partial charge in [0.25, 0.3) is 0 Å².